The van der Waals surface area contributed by atoms with E-state index >= 15 is 0 Å². The van der Waals surface area contributed by atoms with Crippen molar-refractivity contribution < 1.29 is 9.90 Å². The van der Waals surface area contributed by atoms with Gasteiger partial charge in [0.25, 0.3) is 0 Å². The van der Waals surface area contributed by atoms with Gasteiger partial charge in [0, 0.05) is 6.54 Å². The van der Waals surface area contributed by atoms with Crippen molar-refractivity contribution in [3.8, 4) is 0 Å². The maximum absolute atomic E-state index is 12.7. The molecule has 3 nitrogen and oxygen atoms in total. The minimum Gasteiger partial charge on any atom is -0.394 e. The van der Waals surface area contributed by atoms with Gasteiger partial charge in [0.15, 0.2) is 0 Å². The molecule has 2 atom stereocenters. The minimum absolute atomic E-state index is 0.0298. The average Bonchev–Trinajstić information content (AvgIpc) is 2.94. The van der Waals surface area contributed by atoms with E-state index in [1.165, 1.54) is 11.1 Å². The zero-order valence-corrected chi connectivity index (χ0v) is 11.7. The molecule has 0 aromatic heterocycles. The molecule has 1 amide bonds. The Hall–Kier alpha value is -1.00. The molecule has 1 N–H and O–H groups in total. The number of thioether (sulfide) groups is 1. The van der Waals surface area contributed by atoms with Crippen molar-refractivity contribution in [1.82, 2.24) is 4.90 Å². The number of carbonyl (C=O) groups is 1. The fraction of sp³-hybridized carbons (Fsp3) is 0.533. The van der Waals surface area contributed by atoms with Crippen molar-refractivity contribution in [2.24, 2.45) is 0 Å². The number of rotatable bonds is 2. The summed E-state index contributed by atoms with van der Waals surface area (Å²) in [6, 6.07) is 8.29. The molecule has 0 bridgehead atoms. The third-order valence-corrected chi connectivity index (χ3v) is 5.32. The van der Waals surface area contributed by atoms with E-state index in [1.54, 1.807) is 11.8 Å². The number of nitrogens with zero attached hydrogens (tertiary/aromatic N) is 1. The third-order valence-electron chi connectivity index (χ3n) is 4.09. The Labute approximate surface area is 118 Å². The Kier molecular flexibility index (Phi) is 3.80. The smallest absolute Gasteiger partial charge is 0.240 e. The molecule has 4 heteroatoms. The number of hydrogen-bond donors (Lipinski definition) is 1. The molecule has 1 aromatic carbocycles. The van der Waals surface area contributed by atoms with Gasteiger partial charge in [-0.05, 0) is 36.1 Å². The van der Waals surface area contributed by atoms with Crippen LogP contribution in [0.15, 0.2) is 24.3 Å². The first-order valence-electron chi connectivity index (χ1n) is 6.92. The number of benzene rings is 1. The van der Waals surface area contributed by atoms with E-state index in [0.717, 1.165) is 31.6 Å². The number of amides is 1. The Morgan fingerprint density at radius 3 is 3.11 bits per heavy atom. The summed E-state index contributed by atoms with van der Waals surface area (Å²) < 4.78 is 0. The second-order valence-electron chi connectivity index (χ2n) is 5.21. The summed E-state index contributed by atoms with van der Waals surface area (Å²) in [7, 11) is 0. The van der Waals surface area contributed by atoms with Crippen LogP contribution < -0.4 is 0 Å². The summed E-state index contributed by atoms with van der Waals surface area (Å²) in [6.45, 7) is 0.883. The Morgan fingerprint density at radius 1 is 1.42 bits per heavy atom. The second kappa shape index (κ2) is 5.55. The van der Waals surface area contributed by atoms with Crippen molar-refractivity contribution in [1.29, 1.82) is 0 Å². The van der Waals surface area contributed by atoms with Gasteiger partial charge in [-0.1, -0.05) is 24.3 Å². The maximum atomic E-state index is 12.7. The third kappa shape index (κ3) is 2.39. The van der Waals surface area contributed by atoms with Crippen molar-refractivity contribution in [2.75, 3.05) is 18.9 Å². The molecule has 1 saturated heterocycles. The molecule has 0 radical (unpaired) electrons. The lowest BCUT2D eigenvalue weighted by atomic mass is 10.0. The second-order valence-corrected chi connectivity index (χ2v) is 6.42. The van der Waals surface area contributed by atoms with Gasteiger partial charge >= 0.3 is 0 Å². The van der Waals surface area contributed by atoms with E-state index in [0.29, 0.717) is 0 Å². The average molecular weight is 277 g/mol. The van der Waals surface area contributed by atoms with E-state index in [2.05, 4.69) is 12.1 Å². The molecule has 2 aliphatic heterocycles. The van der Waals surface area contributed by atoms with Crippen LogP contribution >= 0.6 is 11.8 Å². The fourth-order valence-corrected chi connectivity index (χ4v) is 4.33. The highest BCUT2D eigenvalue weighted by Crippen LogP contribution is 2.39. The molecule has 1 fully saturated rings. The molecular weight excluding hydrogens is 258 g/mol. The van der Waals surface area contributed by atoms with Crippen molar-refractivity contribution in [3.05, 3.63) is 35.4 Å². The van der Waals surface area contributed by atoms with E-state index in [4.69, 9.17) is 0 Å². The van der Waals surface area contributed by atoms with Gasteiger partial charge in [-0.15, -0.1) is 11.8 Å². The summed E-state index contributed by atoms with van der Waals surface area (Å²) in [6.07, 6.45) is 2.99. The first-order chi connectivity index (χ1) is 9.31. The van der Waals surface area contributed by atoms with Gasteiger partial charge in [-0.3, -0.25) is 4.79 Å². The van der Waals surface area contributed by atoms with Gasteiger partial charge in [0.05, 0.1) is 12.6 Å². The van der Waals surface area contributed by atoms with Crippen LogP contribution in [-0.2, 0) is 11.2 Å². The predicted molar refractivity (Wildman–Crippen MR) is 77.2 cm³/mol. The van der Waals surface area contributed by atoms with E-state index in [9.17, 15) is 9.90 Å². The van der Waals surface area contributed by atoms with E-state index in [1.807, 2.05) is 17.0 Å². The molecule has 0 spiro atoms. The quantitative estimate of drug-likeness (QED) is 0.899. The topological polar surface area (TPSA) is 40.5 Å². The van der Waals surface area contributed by atoms with Crippen LogP contribution in [0.4, 0.5) is 0 Å². The first-order valence-corrected chi connectivity index (χ1v) is 7.97. The number of aryl methyl sites for hydroxylation is 1. The fourth-order valence-electron chi connectivity index (χ4n) is 3.06. The summed E-state index contributed by atoms with van der Waals surface area (Å²) in [5.41, 5.74) is 2.48. The van der Waals surface area contributed by atoms with Crippen LogP contribution in [0.25, 0.3) is 0 Å². The number of carbonyl (C=O) groups excluding carboxylic acids is 1. The van der Waals surface area contributed by atoms with Crippen LogP contribution in [0, 0.1) is 0 Å². The Bertz CT molecular complexity index is 477. The molecular formula is C15H19NO2S. The summed E-state index contributed by atoms with van der Waals surface area (Å²) in [5.74, 6) is 1.19. The number of aliphatic hydroxyl groups excluding tert-OH is 1. The normalized spacial score (nSPS) is 26.3. The molecule has 102 valence electrons. The standard InChI is InChI=1S/C15H19NO2S/c17-10-12-5-3-8-16(12)15(18)14-13-6-2-1-4-11(13)7-9-19-14/h1-2,4,6,12,14,17H,3,5,7-10H2/t12-,14-/m0/s1. The lowest BCUT2D eigenvalue weighted by Crippen LogP contribution is -2.40. The van der Waals surface area contributed by atoms with Crippen molar-refractivity contribution in [2.45, 2.75) is 30.6 Å². The number of aliphatic hydroxyl groups is 1. The zero-order chi connectivity index (χ0) is 13.2. The van der Waals surface area contributed by atoms with Crippen molar-refractivity contribution in [3.63, 3.8) is 0 Å². The molecule has 2 aliphatic rings. The predicted octanol–water partition coefficient (Wildman–Crippen LogP) is 2.00. The molecule has 2 heterocycles. The van der Waals surface area contributed by atoms with Crippen LogP contribution in [0.5, 0.6) is 0 Å². The van der Waals surface area contributed by atoms with Gasteiger partial charge in [0.2, 0.25) is 5.91 Å². The SMILES string of the molecule is O=C([C@H]1SCCc2ccccc21)N1CCC[C@H]1CO. The van der Waals surface area contributed by atoms with Crippen LogP contribution in [0.2, 0.25) is 0 Å². The van der Waals surface area contributed by atoms with Gasteiger partial charge in [-0.25, -0.2) is 0 Å². The molecule has 19 heavy (non-hydrogen) atoms. The lowest BCUT2D eigenvalue weighted by Gasteiger charge is -2.31. The van der Waals surface area contributed by atoms with Crippen LogP contribution in [-0.4, -0.2) is 40.9 Å². The molecule has 0 aliphatic carbocycles. The molecule has 1 aromatic rings. The zero-order valence-electron chi connectivity index (χ0n) is 10.9. The largest absolute Gasteiger partial charge is 0.394 e. The summed E-state index contributed by atoms with van der Waals surface area (Å²) in [5, 5.41) is 9.31. The van der Waals surface area contributed by atoms with E-state index < -0.39 is 0 Å². The number of hydrogen-bond acceptors (Lipinski definition) is 3. The van der Waals surface area contributed by atoms with Gasteiger partial charge in [0.1, 0.15) is 5.25 Å². The lowest BCUT2D eigenvalue weighted by molar-refractivity contribution is -0.132. The molecule has 0 saturated carbocycles. The number of fused-ring (bicyclic) bond motifs is 1. The van der Waals surface area contributed by atoms with Gasteiger partial charge < -0.3 is 10.0 Å². The highest BCUT2D eigenvalue weighted by molar-refractivity contribution is 8.00. The Morgan fingerprint density at radius 2 is 2.26 bits per heavy atom. The maximum Gasteiger partial charge on any atom is 0.240 e. The molecule has 3 rings (SSSR count). The molecule has 0 unspecified atom stereocenters. The number of likely N-dealkylation sites (tertiary alicyclic amines) is 1. The monoisotopic (exact) mass is 277 g/mol. The highest BCUT2D eigenvalue weighted by atomic mass is 32.2. The summed E-state index contributed by atoms with van der Waals surface area (Å²) >= 11 is 1.74. The van der Waals surface area contributed by atoms with Gasteiger partial charge in [-0.2, -0.15) is 0 Å². The van der Waals surface area contributed by atoms with Crippen LogP contribution in [0.1, 0.15) is 29.2 Å². The van der Waals surface area contributed by atoms with E-state index in [-0.39, 0.29) is 23.8 Å². The Balaban J connectivity index is 1.85. The van der Waals surface area contributed by atoms with Crippen molar-refractivity contribution >= 4 is 17.7 Å². The minimum atomic E-state index is -0.0721. The summed E-state index contributed by atoms with van der Waals surface area (Å²) in [4.78, 5) is 14.6. The van der Waals surface area contributed by atoms with Crippen LogP contribution in [0.3, 0.4) is 0 Å². The highest BCUT2D eigenvalue weighted by Gasteiger charge is 2.35. The first kappa shape index (κ1) is 13.0.